The van der Waals surface area contributed by atoms with Crippen molar-refractivity contribution in [3.8, 4) is 11.5 Å². The van der Waals surface area contributed by atoms with Crippen LogP contribution in [-0.4, -0.2) is 21.8 Å². The highest BCUT2D eigenvalue weighted by molar-refractivity contribution is 5.91. The van der Waals surface area contributed by atoms with Crippen LogP contribution in [0.4, 0.5) is 11.4 Å². The topological polar surface area (TPSA) is 139 Å². The van der Waals surface area contributed by atoms with E-state index >= 15 is 0 Å². The maximum atomic E-state index is 12.2. The molecule has 41 heavy (non-hydrogen) atoms. The van der Waals surface area contributed by atoms with Gasteiger partial charge in [-0.05, 0) is 66.1 Å². The van der Waals surface area contributed by atoms with Crippen molar-refractivity contribution in [2.45, 2.75) is 6.42 Å². The van der Waals surface area contributed by atoms with Crippen LogP contribution in [-0.2, 0) is 0 Å². The van der Waals surface area contributed by atoms with Crippen LogP contribution in [0, 0.1) is 20.2 Å². The molecule has 10 heteroatoms. The summed E-state index contributed by atoms with van der Waals surface area (Å²) >= 11 is 0. The maximum Gasteiger partial charge on any atom is 0.343 e. The molecule has 0 atom stereocenters. The number of esters is 2. The van der Waals surface area contributed by atoms with Gasteiger partial charge in [-0.3, -0.25) is 20.2 Å². The maximum absolute atomic E-state index is 12.2. The number of nitrogens with zero attached hydrogens (tertiary/aromatic N) is 2. The second kappa shape index (κ2) is 13.3. The summed E-state index contributed by atoms with van der Waals surface area (Å²) in [5.74, 6) is -0.507. The summed E-state index contributed by atoms with van der Waals surface area (Å²) in [6.45, 7) is 0. The largest absolute Gasteiger partial charge is 0.423 e. The highest BCUT2D eigenvalue weighted by Crippen LogP contribution is 2.19. The van der Waals surface area contributed by atoms with Gasteiger partial charge in [-0.15, -0.1) is 0 Å². The van der Waals surface area contributed by atoms with Crippen LogP contribution < -0.4 is 9.47 Å². The Hall–Kier alpha value is -5.90. The van der Waals surface area contributed by atoms with E-state index in [1.165, 1.54) is 48.5 Å². The van der Waals surface area contributed by atoms with Crippen molar-refractivity contribution in [3.05, 3.63) is 152 Å². The van der Waals surface area contributed by atoms with Gasteiger partial charge in [0.15, 0.2) is 0 Å². The standard InChI is InChI=1S/C31H22N2O8/c34-30(24-10-14-26(15-11-24)32(36)37)40-28-18-6-22(7-19-28)4-2-1-3-5-23-8-20-29(21-9-23)41-31(35)25-12-16-27(17-13-25)33(38)39/h2-21H,1H2/b4-2+,5-3+. The minimum Gasteiger partial charge on any atom is -0.423 e. The normalized spacial score (nSPS) is 10.9. The van der Waals surface area contributed by atoms with Crippen LogP contribution in [0.15, 0.2) is 109 Å². The third-order valence-electron chi connectivity index (χ3n) is 5.70. The summed E-state index contributed by atoms with van der Waals surface area (Å²) in [7, 11) is 0. The SMILES string of the molecule is O=C(Oc1ccc(/C=C/C/C=C/c2ccc(OC(=O)c3ccc([N+](=O)[O-])cc3)cc2)cc1)c1ccc([N+](=O)[O-])cc1. The van der Waals surface area contributed by atoms with Crippen LogP contribution in [0.1, 0.15) is 38.3 Å². The van der Waals surface area contributed by atoms with E-state index in [9.17, 15) is 29.8 Å². The van der Waals surface area contributed by atoms with Gasteiger partial charge in [0, 0.05) is 24.3 Å². The molecule has 0 bridgehead atoms. The second-order valence-electron chi connectivity index (χ2n) is 8.57. The molecule has 0 saturated heterocycles. The minimum absolute atomic E-state index is 0.105. The number of non-ortho nitro benzene ring substituents is 2. The number of ether oxygens (including phenoxy) is 2. The lowest BCUT2D eigenvalue weighted by molar-refractivity contribution is -0.385. The molecule has 4 aromatic carbocycles. The molecule has 0 aromatic heterocycles. The molecule has 0 N–H and O–H groups in total. The number of hydrogen-bond acceptors (Lipinski definition) is 8. The van der Waals surface area contributed by atoms with Crippen molar-refractivity contribution in [1.82, 2.24) is 0 Å². The number of allylic oxidation sites excluding steroid dienone is 2. The lowest BCUT2D eigenvalue weighted by Gasteiger charge is -2.04. The predicted octanol–water partition coefficient (Wildman–Crippen LogP) is 7.06. The van der Waals surface area contributed by atoms with Gasteiger partial charge in [-0.2, -0.15) is 0 Å². The Bertz CT molecular complexity index is 1480. The monoisotopic (exact) mass is 550 g/mol. The predicted molar refractivity (Wildman–Crippen MR) is 152 cm³/mol. The van der Waals surface area contributed by atoms with E-state index in [0.717, 1.165) is 11.1 Å². The minimum atomic E-state index is -0.607. The van der Waals surface area contributed by atoms with Gasteiger partial charge in [0.2, 0.25) is 0 Å². The average Bonchev–Trinajstić information content (AvgIpc) is 2.98. The summed E-state index contributed by atoms with van der Waals surface area (Å²) < 4.78 is 10.6. The molecular weight excluding hydrogens is 528 g/mol. The Kier molecular flexibility index (Phi) is 9.09. The highest BCUT2D eigenvalue weighted by atomic mass is 16.6. The van der Waals surface area contributed by atoms with Crippen molar-refractivity contribution in [2.24, 2.45) is 0 Å². The zero-order valence-corrected chi connectivity index (χ0v) is 21.4. The molecule has 0 spiro atoms. The molecular formula is C31H22N2O8. The van der Waals surface area contributed by atoms with Crippen LogP contribution in [0.2, 0.25) is 0 Å². The summed E-state index contributed by atoms with van der Waals surface area (Å²) in [5, 5.41) is 21.5. The Morgan fingerprint density at radius 2 is 0.902 bits per heavy atom. The number of hydrogen-bond donors (Lipinski definition) is 0. The van der Waals surface area contributed by atoms with Gasteiger partial charge >= 0.3 is 11.9 Å². The molecule has 204 valence electrons. The van der Waals surface area contributed by atoms with Crippen LogP contribution in [0.3, 0.4) is 0 Å². The van der Waals surface area contributed by atoms with E-state index in [0.29, 0.717) is 17.9 Å². The zero-order chi connectivity index (χ0) is 29.2. The molecule has 0 aliphatic heterocycles. The van der Waals surface area contributed by atoms with Crippen molar-refractivity contribution in [3.63, 3.8) is 0 Å². The first-order chi connectivity index (χ1) is 19.8. The van der Waals surface area contributed by atoms with E-state index in [4.69, 9.17) is 9.47 Å². The number of benzene rings is 4. The first-order valence-electron chi connectivity index (χ1n) is 12.2. The molecule has 0 aliphatic carbocycles. The van der Waals surface area contributed by atoms with Gasteiger partial charge in [0.05, 0.1) is 21.0 Å². The van der Waals surface area contributed by atoms with Gasteiger partial charge in [0.25, 0.3) is 11.4 Å². The van der Waals surface area contributed by atoms with Gasteiger partial charge < -0.3 is 9.47 Å². The number of nitro benzene ring substituents is 2. The van der Waals surface area contributed by atoms with Gasteiger partial charge in [-0.25, -0.2) is 9.59 Å². The van der Waals surface area contributed by atoms with Crippen molar-refractivity contribution < 1.29 is 28.9 Å². The van der Waals surface area contributed by atoms with Crippen molar-refractivity contribution in [2.75, 3.05) is 0 Å². The van der Waals surface area contributed by atoms with Crippen molar-refractivity contribution in [1.29, 1.82) is 0 Å². The highest BCUT2D eigenvalue weighted by Gasteiger charge is 2.12. The molecule has 0 radical (unpaired) electrons. The number of carbonyl (C=O) groups is 2. The van der Waals surface area contributed by atoms with E-state index < -0.39 is 21.8 Å². The molecule has 4 aromatic rings. The fourth-order valence-corrected chi connectivity index (χ4v) is 3.55. The molecule has 0 fully saturated rings. The quantitative estimate of drug-likeness (QED) is 0.0885. The Morgan fingerprint density at radius 1 is 0.561 bits per heavy atom. The second-order valence-corrected chi connectivity index (χ2v) is 8.57. The van der Waals surface area contributed by atoms with Gasteiger partial charge in [-0.1, -0.05) is 48.6 Å². The zero-order valence-electron chi connectivity index (χ0n) is 21.4. The smallest absolute Gasteiger partial charge is 0.343 e. The van der Waals surface area contributed by atoms with E-state index in [1.807, 2.05) is 24.3 Å². The first-order valence-corrected chi connectivity index (χ1v) is 12.2. The fraction of sp³-hybridized carbons (Fsp3) is 0.0323. The van der Waals surface area contributed by atoms with Crippen molar-refractivity contribution >= 4 is 35.5 Å². The summed E-state index contributed by atoms with van der Waals surface area (Å²) in [6, 6.07) is 24.2. The third kappa shape index (κ3) is 8.04. The molecule has 0 unspecified atom stereocenters. The first kappa shape index (κ1) is 28.1. The Labute approximate surface area is 234 Å². The molecule has 4 rings (SSSR count). The molecule has 10 nitrogen and oxygen atoms in total. The summed E-state index contributed by atoms with van der Waals surface area (Å²) in [5.41, 5.74) is 2.03. The Morgan fingerprint density at radius 3 is 1.22 bits per heavy atom. The van der Waals surface area contributed by atoms with Gasteiger partial charge in [0.1, 0.15) is 11.5 Å². The lowest BCUT2D eigenvalue weighted by atomic mass is 10.1. The fourth-order valence-electron chi connectivity index (χ4n) is 3.55. The lowest BCUT2D eigenvalue weighted by Crippen LogP contribution is -2.08. The molecule has 0 amide bonds. The summed E-state index contributed by atoms with van der Waals surface area (Å²) in [4.78, 5) is 44.9. The van der Waals surface area contributed by atoms with Crippen LogP contribution in [0.5, 0.6) is 11.5 Å². The van der Waals surface area contributed by atoms with E-state index in [2.05, 4.69) is 0 Å². The van der Waals surface area contributed by atoms with E-state index in [-0.39, 0.29) is 22.5 Å². The number of rotatable bonds is 10. The van der Waals surface area contributed by atoms with Crippen LogP contribution in [0.25, 0.3) is 12.2 Å². The van der Waals surface area contributed by atoms with Crippen LogP contribution >= 0.6 is 0 Å². The third-order valence-corrected chi connectivity index (χ3v) is 5.70. The molecule has 0 aliphatic rings. The Balaban J connectivity index is 1.23. The number of carbonyl (C=O) groups excluding carboxylic acids is 2. The average molecular weight is 551 g/mol. The number of nitro groups is 2. The summed E-state index contributed by atoms with van der Waals surface area (Å²) in [6.07, 6.45) is 8.44. The molecule has 0 heterocycles. The van der Waals surface area contributed by atoms with E-state index in [1.54, 1.807) is 48.5 Å². The molecule has 0 saturated carbocycles.